The minimum absolute atomic E-state index is 0.203. The molecular formula is C16H17NO5. The Balaban J connectivity index is 1.94. The molecule has 6 nitrogen and oxygen atoms in total. The first-order chi connectivity index (χ1) is 10.6. The summed E-state index contributed by atoms with van der Waals surface area (Å²) in [7, 11) is 0. The lowest BCUT2D eigenvalue weighted by Crippen LogP contribution is -2.22. The van der Waals surface area contributed by atoms with Crippen LogP contribution in [0.5, 0.6) is 11.5 Å². The fraction of sp³-hybridized carbons (Fsp3) is 0.188. The van der Waals surface area contributed by atoms with Gasteiger partial charge in [0.2, 0.25) is 0 Å². The number of ether oxygens (including phenoxy) is 1. The van der Waals surface area contributed by atoms with Crippen molar-refractivity contribution in [3.63, 3.8) is 0 Å². The van der Waals surface area contributed by atoms with Crippen LogP contribution in [0.2, 0.25) is 0 Å². The summed E-state index contributed by atoms with van der Waals surface area (Å²) in [6.45, 7) is -0.0338. The fourth-order valence-electron chi connectivity index (χ4n) is 1.74. The molecule has 0 aliphatic rings. The van der Waals surface area contributed by atoms with E-state index in [1.165, 1.54) is 12.1 Å². The third kappa shape index (κ3) is 4.47. The molecule has 1 unspecified atom stereocenters. The Morgan fingerprint density at radius 1 is 1.05 bits per heavy atom. The molecule has 22 heavy (non-hydrogen) atoms. The van der Waals surface area contributed by atoms with E-state index in [-0.39, 0.29) is 18.7 Å². The molecule has 0 aliphatic heterocycles. The van der Waals surface area contributed by atoms with Gasteiger partial charge in [-0.1, -0.05) is 0 Å². The molecule has 0 aromatic heterocycles. The molecule has 6 heteroatoms. The molecule has 0 fully saturated rings. The van der Waals surface area contributed by atoms with Crippen LogP contribution >= 0.6 is 0 Å². The Morgan fingerprint density at radius 2 is 1.59 bits per heavy atom. The van der Waals surface area contributed by atoms with Crippen LogP contribution in [0, 0.1) is 0 Å². The van der Waals surface area contributed by atoms with Crippen LogP contribution in [0.25, 0.3) is 0 Å². The first-order valence-corrected chi connectivity index (χ1v) is 6.72. The fourth-order valence-corrected chi connectivity index (χ4v) is 1.74. The van der Waals surface area contributed by atoms with E-state index in [2.05, 4.69) is 5.32 Å². The zero-order chi connectivity index (χ0) is 15.9. The molecule has 4 N–H and O–H groups in total. The summed E-state index contributed by atoms with van der Waals surface area (Å²) in [6.07, 6.45) is -0.802. The molecular weight excluding hydrogens is 286 g/mol. The number of hydrogen-bond donors (Lipinski definition) is 4. The third-order valence-corrected chi connectivity index (χ3v) is 2.94. The van der Waals surface area contributed by atoms with Gasteiger partial charge in [-0.3, -0.25) is 0 Å². The number of aliphatic hydroxyl groups is 2. The minimum Gasteiger partial charge on any atom is -0.478 e. The average molecular weight is 303 g/mol. The summed E-state index contributed by atoms with van der Waals surface area (Å²) in [5, 5.41) is 29.8. The number of carboxylic acid groups (broad SMARTS) is 1. The molecule has 1 atom stereocenters. The van der Waals surface area contributed by atoms with Crippen LogP contribution in [0.3, 0.4) is 0 Å². The topological polar surface area (TPSA) is 99.0 Å². The highest BCUT2D eigenvalue weighted by molar-refractivity contribution is 5.87. The Hall–Kier alpha value is -2.57. The second kappa shape index (κ2) is 7.44. The van der Waals surface area contributed by atoms with Gasteiger partial charge in [0, 0.05) is 12.2 Å². The van der Waals surface area contributed by atoms with Gasteiger partial charge in [-0.25, -0.2) is 4.79 Å². The van der Waals surface area contributed by atoms with E-state index in [4.69, 9.17) is 14.9 Å². The highest BCUT2D eigenvalue weighted by atomic mass is 16.5. The van der Waals surface area contributed by atoms with Crippen molar-refractivity contribution >= 4 is 11.7 Å². The monoisotopic (exact) mass is 303 g/mol. The summed E-state index contributed by atoms with van der Waals surface area (Å²) in [5.41, 5.74) is 0.996. The van der Waals surface area contributed by atoms with Gasteiger partial charge in [0.25, 0.3) is 0 Å². The zero-order valence-electron chi connectivity index (χ0n) is 11.8. The normalized spacial score (nSPS) is 11.7. The molecule has 0 amide bonds. The van der Waals surface area contributed by atoms with E-state index in [1.54, 1.807) is 36.4 Å². The summed E-state index contributed by atoms with van der Waals surface area (Å²) < 4.78 is 5.60. The van der Waals surface area contributed by atoms with Crippen molar-refractivity contribution in [2.24, 2.45) is 0 Å². The maximum absolute atomic E-state index is 10.8. The van der Waals surface area contributed by atoms with Gasteiger partial charge in [-0.15, -0.1) is 0 Å². The maximum Gasteiger partial charge on any atom is 0.335 e. The van der Waals surface area contributed by atoms with Crippen LogP contribution in [0.4, 0.5) is 5.69 Å². The smallest absolute Gasteiger partial charge is 0.335 e. The number of benzene rings is 2. The van der Waals surface area contributed by atoms with E-state index in [1.807, 2.05) is 0 Å². The van der Waals surface area contributed by atoms with E-state index in [0.717, 1.165) is 5.69 Å². The SMILES string of the molecule is O=C(O)c1ccc(Oc2ccc(NCC(O)CO)cc2)cc1. The first-order valence-electron chi connectivity index (χ1n) is 6.72. The summed E-state index contributed by atoms with van der Waals surface area (Å²) >= 11 is 0. The minimum atomic E-state index is -0.980. The average Bonchev–Trinajstić information content (AvgIpc) is 2.54. The van der Waals surface area contributed by atoms with Gasteiger partial charge in [0.1, 0.15) is 11.5 Å². The standard InChI is InChI=1S/C16H17NO5/c18-10-13(19)9-17-12-3-7-15(8-4-12)22-14-5-1-11(2-6-14)16(20)21/h1-8,13,17-19H,9-10H2,(H,20,21). The predicted octanol–water partition coefficient (Wildman–Crippen LogP) is 1.94. The molecule has 0 heterocycles. The lowest BCUT2D eigenvalue weighted by molar-refractivity contribution is 0.0697. The predicted molar refractivity (Wildman–Crippen MR) is 81.5 cm³/mol. The molecule has 0 radical (unpaired) electrons. The maximum atomic E-state index is 10.8. The summed E-state index contributed by atoms with van der Waals surface area (Å²) in [4.78, 5) is 10.8. The van der Waals surface area contributed by atoms with Crippen molar-refractivity contribution in [1.82, 2.24) is 0 Å². The van der Waals surface area contributed by atoms with Gasteiger partial charge in [-0.05, 0) is 48.5 Å². The number of anilines is 1. The van der Waals surface area contributed by atoms with Crippen molar-refractivity contribution in [3.8, 4) is 11.5 Å². The Labute approximate surface area is 127 Å². The summed E-state index contributed by atoms with van der Waals surface area (Å²) in [5.74, 6) is 0.171. The van der Waals surface area contributed by atoms with Gasteiger partial charge in [0.15, 0.2) is 0 Å². The van der Waals surface area contributed by atoms with Crippen molar-refractivity contribution in [1.29, 1.82) is 0 Å². The Morgan fingerprint density at radius 3 is 2.09 bits per heavy atom. The molecule has 2 aromatic carbocycles. The lowest BCUT2D eigenvalue weighted by atomic mass is 10.2. The van der Waals surface area contributed by atoms with Gasteiger partial charge < -0.3 is 25.4 Å². The number of aliphatic hydroxyl groups excluding tert-OH is 2. The van der Waals surface area contributed by atoms with Crippen molar-refractivity contribution in [3.05, 3.63) is 54.1 Å². The molecule has 0 bridgehead atoms. The highest BCUT2D eigenvalue weighted by Crippen LogP contribution is 2.23. The quantitative estimate of drug-likeness (QED) is 0.624. The van der Waals surface area contributed by atoms with Crippen LogP contribution in [0.15, 0.2) is 48.5 Å². The third-order valence-electron chi connectivity index (χ3n) is 2.94. The highest BCUT2D eigenvalue weighted by Gasteiger charge is 2.04. The van der Waals surface area contributed by atoms with E-state index < -0.39 is 12.1 Å². The van der Waals surface area contributed by atoms with Crippen LogP contribution in [-0.4, -0.2) is 40.5 Å². The van der Waals surface area contributed by atoms with Crippen molar-refractivity contribution in [2.45, 2.75) is 6.10 Å². The van der Waals surface area contributed by atoms with Crippen LogP contribution in [0.1, 0.15) is 10.4 Å². The van der Waals surface area contributed by atoms with E-state index in [9.17, 15) is 9.90 Å². The van der Waals surface area contributed by atoms with Crippen molar-refractivity contribution in [2.75, 3.05) is 18.5 Å². The number of nitrogens with one attached hydrogen (secondary N) is 1. The molecule has 2 rings (SSSR count). The van der Waals surface area contributed by atoms with E-state index in [0.29, 0.717) is 11.5 Å². The molecule has 116 valence electrons. The second-order valence-corrected chi connectivity index (χ2v) is 4.67. The molecule has 0 saturated heterocycles. The van der Waals surface area contributed by atoms with Gasteiger partial charge in [-0.2, -0.15) is 0 Å². The Bertz CT molecular complexity index is 609. The van der Waals surface area contributed by atoms with Crippen LogP contribution < -0.4 is 10.1 Å². The largest absolute Gasteiger partial charge is 0.478 e. The van der Waals surface area contributed by atoms with Crippen molar-refractivity contribution < 1.29 is 24.9 Å². The molecule has 2 aromatic rings. The molecule has 0 spiro atoms. The van der Waals surface area contributed by atoms with Gasteiger partial charge in [0.05, 0.1) is 18.3 Å². The number of aromatic carboxylic acids is 1. The first kappa shape index (κ1) is 15.8. The molecule has 0 aliphatic carbocycles. The van der Waals surface area contributed by atoms with Gasteiger partial charge >= 0.3 is 5.97 Å². The Kier molecular flexibility index (Phi) is 5.35. The number of carbonyl (C=O) groups is 1. The second-order valence-electron chi connectivity index (χ2n) is 4.67. The number of rotatable bonds is 7. The lowest BCUT2D eigenvalue weighted by Gasteiger charge is -2.11. The summed E-state index contributed by atoms with van der Waals surface area (Å²) in [6, 6.07) is 13.2. The van der Waals surface area contributed by atoms with Crippen LogP contribution in [-0.2, 0) is 0 Å². The zero-order valence-corrected chi connectivity index (χ0v) is 11.8. The van der Waals surface area contributed by atoms with E-state index >= 15 is 0 Å². The number of carboxylic acids is 1. The number of hydrogen-bond acceptors (Lipinski definition) is 5. The molecule has 0 saturated carbocycles.